The van der Waals surface area contributed by atoms with E-state index in [1.165, 1.54) is 0 Å². The van der Waals surface area contributed by atoms with Crippen molar-refractivity contribution in [2.45, 2.75) is 25.9 Å². The minimum atomic E-state index is -4.35. The fourth-order valence-corrected chi connectivity index (χ4v) is 3.12. The highest BCUT2D eigenvalue weighted by molar-refractivity contribution is 7.89. The molecule has 1 aliphatic heterocycles. The molecule has 0 fully saturated rings. The second-order valence-corrected chi connectivity index (χ2v) is 6.49. The number of nitrogens with zero attached hydrogens (tertiary/aromatic N) is 1. The summed E-state index contributed by atoms with van der Waals surface area (Å²) >= 11 is 0. The molecule has 8 heteroatoms. The molecule has 19 heavy (non-hydrogen) atoms. The zero-order valence-electron chi connectivity index (χ0n) is 10.8. The third-order valence-corrected chi connectivity index (χ3v) is 4.73. The molecule has 1 heterocycles. The Bertz CT molecular complexity index is 418. The van der Waals surface area contributed by atoms with Gasteiger partial charge in [-0.05, 0) is 19.4 Å². The molecule has 0 saturated carbocycles. The van der Waals surface area contributed by atoms with E-state index in [2.05, 4.69) is 5.32 Å². The number of rotatable bonds is 6. The fourth-order valence-electron chi connectivity index (χ4n) is 1.79. The Morgan fingerprint density at radius 3 is 2.53 bits per heavy atom. The Hall–Kier alpha value is -0.600. The molecular formula is C11H19F3N2O2S. The van der Waals surface area contributed by atoms with Crippen LogP contribution in [0, 0.1) is 0 Å². The lowest BCUT2D eigenvalue weighted by Gasteiger charge is -2.26. The van der Waals surface area contributed by atoms with E-state index < -0.39 is 21.8 Å². The van der Waals surface area contributed by atoms with Gasteiger partial charge in [-0.1, -0.05) is 13.0 Å². The van der Waals surface area contributed by atoms with Crippen molar-refractivity contribution >= 4 is 10.0 Å². The predicted octanol–water partition coefficient (Wildman–Crippen LogP) is 1.51. The van der Waals surface area contributed by atoms with Crippen molar-refractivity contribution < 1.29 is 21.6 Å². The second-order valence-electron chi connectivity index (χ2n) is 4.40. The van der Waals surface area contributed by atoms with Gasteiger partial charge in [0.15, 0.2) is 0 Å². The van der Waals surface area contributed by atoms with Crippen LogP contribution in [-0.2, 0) is 10.0 Å². The summed E-state index contributed by atoms with van der Waals surface area (Å²) in [6, 6.07) is 0. The molecule has 0 saturated heterocycles. The maximum atomic E-state index is 12.4. The summed E-state index contributed by atoms with van der Waals surface area (Å²) in [5.41, 5.74) is -0.636. The lowest BCUT2D eigenvalue weighted by Crippen LogP contribution is -2.40. The normalized spacial score (nSPS) is 18.4. The van der Waals surface area contributed by atoms with E-state index in [-0.39, 0.29) is 25.3 Å². The number of hydrogen-bond acceptors (Lipinski definition) is 3. The number of sulfonamides is 1. The van der Waals surface area contributed by atoms with Crippen LogP contribution in [-0.4, -0.2) is 50.8 Å². The van der Waals surface area contributed by atoms with Crippen LogP contribution in [0.4, 0.5) is 13.2 Å². The van der Waals surface area contributed by atoms with E-state index >= 15 is 0 Å². The molecule has 0 atom stereocenters. The van der Waals surface area contributed by atoms with Crippen molar-refractivity contribution in [1.29, 1.82) is 0 Å². The molecule has 0 bridgehead atoms. The Kier molecular flexibility index (Phi) is 5.82. The monoisotopic (exact) mass is 300 g/mol. The van der Waals surface area contributed by atoms with Gasteiger partial charge < -0.3 is 5.32 Å². The van der Waals surface area contributed by atoms with Crippen LogP contribution in [0.15, 0.2) is 11.6 Å². The van der Waals surface area contributed by atoms with Gasteiger partial charge >= 0.3 is 6.18 Å². The van der Waals surface area contributed by atoms with E-state index in [0.717, 1.165) is 23.3 Å². The Morgan fingerprint density at radius 1 is 1.37 bits per heavy atom. The lowest BCUT2D eigenvalue weighted by molar-refractivity contribution is -0.0953. The number of nitrogens with one attached hydrogen (secondary N) is 1. The first-order valence-corrected chi connectivity index (χ1v) is 7.83. The smallest absolute Gasteiger partial charge is 0.316 e. The molecule has 0 unspecified atom stereocenters. The average molecular weight is 300 g/mol. The third kappa shape index (κ3) is 5.12. The summed E-state index contributed by atoms with van der Waals surface area (Å²) in [7, 11) is -3.47. The van der Waals surface area contributed by atoms with Gasteiger partial charge in [0.25, 0.3) is 0 Å². The standard InChI is InChI=1S/C11H19F3N2O2S/c1-2-5-15-6-9-19(17,18)16-7-3-10(4-8-16)11(12,13)14/h3,15H,2,4-9H2,1H3. The first-order valence-electron chi connectivity index (χ1n) is 6.22. The third-order valence-electron chi connectivity index (χ3n) is 2.89. The maximum Gasteiger partial charge on any atom is 0.412 e. The first kappa shape index (κ1) is 16.5. The van der Waals surface area contributed by atoms with Gasteiger partial charge in [-0.25, -0.2) is 8.42 Å². The minimum Gasteiger partial charge on any atom is -0.316 e. The van der Waals surface area contributed by atoms with Crippen molar-refractivity contribution in [3.63, 3.8) is 0 Å². The first-order chi connectivity index (χ1) is 8.77. The minimum absolute atomic E-state index is 0.0812. The highest BCUT2D eigenvalue weighted by Crippen LogP contribution is 2.30. The van der Waals surface area contributed by atoms with Crippen molar-refractivity contribution in [3.8, 4) is 0 Å². The molecular weight excluding hydrogens is 281 g/mol. The second kappa shape index (κ2) is 6.71. The summed E-state index contributed by atoms with van der Waals surface area (Å²) < 4.78 is 62.1. The summed E-state index contributed by atoms with van der Waals surface area (Å²) in [6.07, 6.45) is -2.76. The zero-order valence-corrected chi connectivity index (χ0v) is 11.6. The van der Waals surface area contributed by atoms with Gasteiger partial charge in [-0.3, -0.25) is 0 Å². The summed E-state index contributed by atoms with van der Waals surface area (Å²) in [5, 5.41) is 2.96. The number of hydrogen-bond donors (Lipinski definition) is 1. The molecule has 0 radical (unpaired) electrons. The molecule has 0 aromatic heterocycles. The van der Waals surface area contributed by atoms with Crippen molar-refractivity contribution in [2.24, 2.45) is 0 Å². The van der Waals surface area contributed by atoms with Crippen molar-refractivity contribution in [2.75, 3.05) is 31.9 Å². The molecule has 1 rings (SSSR count). The molecule has 1 aliphatic rings. The van der Waals surface area contributed by atoms with Gasteiger partial charge in [0.05, 0.1) is 5.75 Å². The largest absolute Gasteiger partial charge is 0.412 e. The average Bonchev–Trinajstić information content (AvgIpc) is 2.34. The van der Waals surface area contributed by atoms with E-state index in [1.807, 2.05) is 6.92 Å². The van der Waals surface area contributed by atoms with Gasteiger partial charge in [0, 0.05) is 25.2 Å². The molecule has 0 aromatic rings. The predicted molar refractivity (Wildman–Crippen MR) is 67.3 cm³/mol. The van der Waals surface area contributed by atoms with Gasteiger partial charge in [0.1, 0.15) is 0 Å². The van der Waals surface area contributed by atoms with Crippen LogP contribution in [0.25, 0.3) is 0 Å². The van der Waals surface area contributed by atoms with Crippen LogP contribution >= 0.6 is 0 Å². The summed E-state index contributed by atoms with van der Waals surface area (Å²) in [4.78, 5) is 0. The quantitative estimate of drug-likeness (QED) is 0.597. The lowest BCUT2D eigenvalue weighted by atomic mass is 10.1. The Labute approximate surface area is 111 Å². The number of halogens is 3. The van der Waals surface area contributed by atoms with Crippen LogP contribution in [0.1, 0.15) is 19.8 Å². The fraction of sp³-hybridized carbons (Fsp3) is 0.818. The van der Waals surface area contributed by atoms with E-state index in [1.54, 1.807) is 0 Å². The molecule has 112 valence electrons. The van der Waals surface area contributed by atoms with E-state index in [9.17, 15) is 21.6 Å². The highest BCUT2D eigenvalue weighted by Gasteiger charge is 2.36. The van der Waals surface area contributed by atoms with E-state index in [0.29, 0.717) is 6.54 Å². The SMILES string of the molecule is CCCNCCS(=O)(=O)N1CC=C(C(F)(F)F)CC1. The van der Waals surface area contributed by atoms with Crippen molar-refractivity contribution in [1.82, 2.24) is 9.62 Å². The summed E-state index contributed by atoms with van der Waals surface area (Å²) in [6.45, 7) is 2.73. The van der Waals surface area contributed by atoms with Crippen LogP contribution in [0.5, 0.6) is 0 Å². The van der Waals surface area contributed by atoms with Crippen LogP contribution in [0.2, 0.25) is 0 Å². The number of alkyl halides is 3. The molecule has 1 N–H and O–H groups in total. The van der Waals surface area contributed by atoms with Gasteiger partial charge in [-0.2, -0.15) is 17.5 Å². The van der Waals surface area contributed by atoms with Crippen LogP contribution < -0.4 is 5.32 Å². The molecule has 0 aromatic carbocycles. The summed E-state index contributed by atoms with van der Waals surface area (Å²) in [5.74, 6) is -0.0812. The molecule has 0 spiro atoms. The topological polar surface area (TPSA) is 49.4 Å². The van der Waals surface area contributed by atoms with Gasteiger partial charge in [-0.15, -0.1) is 0 Å². The molecule has 0 aliphatic carbocycles. The Morgan fingerprint density at radius 2 is 2.05 bits per heavy atom. The van der Waals surface area contributed by atoms with Crippen LogP contribution in [0.3, 0.4) is 0 Å². The van der Waals surface area contributed by atoms with Gasteiger partial charge in [0.2, 0.25) is 10.0 Å². The molecule has 0 amide bonds. The molecule has 4 nitrogen and oxygen atoms in total. The van der Waals surface area contributed by atoms with Crippen molar-refractivity contribution in [3.05, 3.63) is 11.6 Å². The van der Waals surface area contributed by atoms with E-state index in [4.69, 9.17) is 0 Å². The zero-order chi connectivity index (χ0) is 14.5. The maximum absolute atomic E-state index is 12.4. The highest BCUT2D eigenvalue weighted by atomic mass is 32.2. The Balaban J connectivity index is 2.52.